The number of piperazine rings is 1. The Morgan fingerprint density at radius 2 is 1.48 bits per heavy atom. The highest BCUT2D eigenvalue weighted by molar-refractivity contribution is 7.89. The Morgan fingerprint density at radius 3 is 2.07 bits per heavy atom. The van der Waals surface area contributed by atoms with Crippen molar-refractivity contribution in [2.45, 2.75) is 32.6 Å². The molecule has 1 saturated heterocycles. The van der Waals surface area contributed by atoms with Crippen molar-refractivity contribution >= 4 is 15.7 Å². The first-order valence-corrected chi connectivity index (χ1v) is 10.7. The minimum Gasteiger partial charge on any atom is -0.496 e. The van der Waals surface area contributed by atoms with Crippen LogP contribution in [-0.2, 0) is 10.0 Å². The molecule has 2 aromatic rings. The molecule has 2 aromatic carbocycles. The van der Waals surface area contributed by atoms with Gasteiger partial charge in [0.2, 0.25) is 10.0 Å². The van der Waals surface area contributed by atoms with Crippen molar-refractivity contribution in [3.05, 3.63) is 52.6 Å². The number of rotatable bonds is 4. The summed E-state index contributed by atoms with van der Waals surface area (Å²) in [7, 11) is -1.97. The summed E-state index contributed by atoms with van der Waals surface area (Å²) in [4.78, 5) is 2.59. The summed E-state index contributed by atoms with van der Waals surface area (Å²) >= 11 is 0. The quantitative estimate of drug-likeness (QED) is 0.805. The van der Waals surface area contributed by atoms with Crippen molar-refractivity contribution in [3.8, 4) is 5.75 Å². The van der Waals surface area contributed by atoms with Crippen LogP contribution in [0, 0.1) is 27.7 Å². The van der Waals surface area contributed by atoms with E-state index in [1.807, 2.05) is 19.9 Å². The van der Waals surface area contributed by atoms with Crippen LogP contribution >= 0.6 is 0 Å². The molecule has 3 rings (SSSR count). The van der Waals surface area contributed by atoms with E-state index in [0.29, 0.717) is 36.8 Å². The monoisotopic (exact) mass is 388 g/mol. The predicted octanol–water partition coefficient (Wildman–Crippen LogP) is 3.44. The van der Waals surface area contributed by atoms with Crippen LogP contribution in [0.15, 0.2) is 35.2 Å². The molecule has 6 heteroatoms. The molecule has 1 aliphatic rings. The molecule has 0 unspecified atom stereocenters. The minimum atomic E-state index is -3.54. The molecule has 0 N–H and O–H groups in total. The van der Waals surface area contributed by atoms with Crippen molar-refractivity contribution < 1.29 is 13.2 Å². The normalized spacial score (nSPS) is 15.8. The van der Waals surface area contributed by atoms with Gasteiger partial charge in [0.25, 0.3) is 0 Å². The van der Waals surface area contributed by atoms with Gasteiger partial charge in [-0.25, -0.2) is 8.42 Å². The van der Waals surface area contributed by atoms with E-state index in [1.165, 1.54) is 11.1 Å². The van der Waals surface area contributed by atoms with Gasteiger partial charge in [-0.05, 0) is 62.1 Å². The Bertz CT molecular complexity index is 946. The lowest BCUT2D eigenvalue weighted by molar-refractivity contribution is 0.383. The SMILES string of the molecule is COc1cc(S(=O)(=O)N2CCN(c3ccc(C)c(C)c3)CC2)c(C)cc1C. The average Bonchev–Trinajstić information content (AvgIpc) is 2.64. The van der Waals surface area contributed by atoms with Gasteiger partial charge in [-0.15, -0.1) is 0 Å². The lowest BCUT2D eigenvalue weighted by Crippen LogP contribution is -2.48. The van der Waals surface area contributed by atoms with Gasteiger partial charge in [-0.2, -0.15) is 4.31 Å². The van der Waals surface area contributed by atoms with Gasteiger partial charge in [0.1, 0.15) is 5.75 Å². The van der Waals surface area contributed by atoms with E-state index >= 15 is 0 Å². The lowest BCUT2D eigenvalue weighted by atomic mass is 10.1. The van der Waals surface area contributed by atoms with E-state index in [1.54, 1.807) is 17.5 Å². The Morgan fingerprint density at radius 1 is 0.815 bits per heavy atom. The zero-order valence-electron chi connectivity index (χ0n) is 16.7. The largest absolute Gasteiger partial charge is 0.496 e. The third-order valence-electron chi connectivity index (χ3n) is 5.40. The highest BCUT2D eigenvalue weighted by Gasteiger charge is 2.30. The minimum absolute atomic E-state index is 0.338. The maximum absolute atomic E-state index is 13.2. The molecule has 0 amide bonds. The van der Waals surface area contributed by atoms with Crippen LogP contribution in [-0.4, -0.2) is 46.0 Å². The summed E-state index contributed by atoms with van der Waals surface area (Å²) in [5.74, 6) is 0.605. The van der Waals surface area contributed by atoms with Gasteiger partial charge in [0, 0.05) is 37.9 Å². The molecule has 1 fully saturated rings. The first-order valence-electron chi connectivity index (χ1n) is 9.21. The van der Waals surface area contributed by atoms with Crippen LogP contribution in [0.1, 0.15) is 22.3 Å². The number of hydrogen-bond donors (Lipinski definition) is 0. The van der Waals surface area contributed by atoms with E-state index in [-0.39, 0.29) is 0 Å². The Labute approximate surface area is 162 Å². The Hall–Kier alpha value is -2.05. The number of ether oxygens (including phenoxy) is 1. The van der Waals surface area contributed by atoms with Gasteiger partial charge in [0.15, 0.2) is 0 Å². The zero-order valence-corrected chi connectivity index (χ0v) is 17.6. The highest BCUT2D eigenvalue weighted by Crippen LogP contribution is 2.29. The molecule has 146 valence electrons. The average molecular weight is 389 g/mol. The van der Waals surface area contributed by atoms with Gasteiger partial charge in [-0.3, -0.25) is 0 Å². The molecule has 27 heavy (non-hydrogen) atoms. The van der Waals surface area contributed by atoms with Crippen molar-refractivity contribution in [2.75, 3.05) is 38.2 Å². The van der Waals surface area contributed by atoms with Gasteiger partial charge in [0.05, 0.1) is 12.0 Å². The Kier molecular flexibility index (Phi) is 5.49. The molecule has 0 aliphatic carbocycles. The standard InChI is InChI=1S/C21H28N2O3S/c1-15-6-7-19(13-16(15)2)22-8-10-23(11-9-22)27(24,25)21-14-20(26-5)17(3)12-18(21)4/h6-7,12-14H,8-11H2,1-5H3. The van der Waals surface area contributed by atoms with Crippen molar-refractivity contribution in [3.63, 3.8) is 0 Å². The molecule has 5 nitrogen and oxygen atoms in total. The van der Waals surface area contributed by atoms with E-state index in [2.05, 4.69) is 36.9 Å². The van der Waals surface area contributed by atoms with Crippen LogP contribution in [0.2, 0.25) is 0 Å². The summed E-state index contributed by atoms with van der Waals surface area (Å²) in [6.45, 7) is 10.3. The molecule has 0 spiro atoms. The first kappa shape index (κ1) is 19.7. The van der Waals surface area contributed by atoms with Crippen molar-refractivity contribution in [2.24, 2.45) is 0 Å². The second-order valence-corrected chi connectivity index (χ2v) is 9.15. The van der Waals surface area contributed by atoms with E-state index in [0.717, 1.165) is 16.8 Å². The summed E-state index contributed by atoms with van der Waals surface area (Å²) in [5.41, 5.74) is 5.37. The second kappa shape index (κ2) is 7.52. The van der Waals surface area contributed by atoms with Gasteiger partial charge >= 0.3 is 0 Å². The highest BCUT2D eigenvalue weighted by atomic mass is 32.2. The van der Waals surface area contributed by atoms with Crippen molar-refractivity contribution in [1.82, 2.24) is 4.31 Å². The fourth-order valence-electron chi connectivity index (χ4n) is 3.56. The molecular weight excluding hydrogens is 360 g/mol. The maximum atomic E-state index is 13.2. The smallest absolute Gasteiger partial charge is 0.243 e. The van der Waals surface area contributed by atoms with Crippen LogP contribution < -0.4 is 9.64 Å². The number of nitrogens with zero attached hydrogens (tertiary/aromatic N) is 2. The van der Waals surface area contributed by atoms with E-state index in [9.17, 15) is 8.42 Å². The fraction of sp³-hybridized carbons (Fsp3) is 0.429. The number of benzene rings is 2. The second-order valence-electron chi connectivity index (χ2n) is 7.25. The summed E-state index contributed by atoms with van der Waals surface area (Å²) in [6, 6.07) is 9.93. The molecule has 0 atom stereocenters. The molecule has 0 aromatic heterocycles. The first-order chi connectivity index (χ1) is 12.7. The molecule has 1 heterocycles. The number of hydrogen-bond acceptors (Lipinski definition) is 4. The van der Waals surface area contributed by atoms with Crippen LogP contribution in [0.5, 0.6) is 5.75 Å². The molecule has 1 aliphatic heterocycles. The van der Waals surface area contributed by atoms with Gasteiger partial charge < -0.3 is 9.64 Å². The molecule has 0 bridgehead atoms. The fourth-order valence-corrected chi connectivity index (χ4v) is 5.20. The third kappa shape index (κ3) is 3.82. The zero-order chi connectivity index (χ0) is 19.8. The molecule has 0 saturated carbocycles. The topological polar surface area (TPSA) is 49.9 Å². The summed E-state index contributed by atoms with van der Waals surface area (Å²) < 4.78 is 33.3. The molecular formula is C21H28N2O3S. The van der Waals surface area contributed by atoms with Crippen LogP contribution in [0.4, 0.5) is 5.69 Å². The number of anilines is 1. The van der Waals surface area contributed by atoms with Crippen LogP contribution in [0.25, 0.3) is 0 Å². The van der Waals surface area contributed by atoms with Crippen LogP contribution in [0.3, 0.4) is 0 Å². The van der Waals surface area contributed by atoms with E-state index < -0.39 is 10.0 Å². The predicted molar refractivity (Wildman–Crippen MR) is 109 cm³/mol. The number of aryl methyl sites for hydroxylation is 4. The third-order valence-corrected chi connectivity index (χ3v) is 7.45. The number of methoxy groups -OCH3 is 1. The number of sulfonamides is 1. The Balaban J connectivity index is 1.80. The summed E-state index contributed by atoms with van der Waals surface area (Å²) in [5, 5.41) is 0. The summed E-state index contributed by atoms with van der Waals surface area (Å²) in [6.07, 6.45) is 0. The van der Waals surface area contributed by atoms with Crippen molar-refractivity contribution in [1.29, 1.82) is 0 Å². The lowest BCUT2D eigenvalue weighted by Gasteiger charge is -2.36. The van der Waals surface area contributed by atoms with E-state index in [4.69, 9.17) is 4.74 Å². The maximum Gasteiger partial charge on any atom is 0.243 e. The van der Waals surface area contributed by atoms with Gasteiger partial charge in [-0.1, -0.05) is 12.1 Å². The molecule has 0 radical (unpaired) electrons.